The Bertz CT molecular complexity index is 997. The maximum atomic E-state index is 13.2. The van der Waals surface area contributed by atoms with Crippen LogP contribution in [-0.2, 0) is 9.53 Å². The number of aromatic nitrogens is 2. The van der Waals surface area contributed by atoms with Gasteiger partial charge in [0.1, 0.15) is 0 Å². The lowest BCUT2D eigenvalue weighted by Gasteiger charge is -2.09. The van der Waals surface area contributed by atoms with Crippen LogP contribution in [-0.4, -0.2) is 34.7 Å². The Kier molecular flexibility index (Phi) is 5.41. The highest BCUT2D eigenvalue weighted by Gasteiger charge is 2.13. The summed E-state index contributed by atoms with van der Waals surface area (Å²) >= 11 is 1.09. The minimum Gasteiger partial charge on any atom is -0.465 e. The van der Waals surface area contributed by atoms with Gasteiger partial charge in [0.25, 0.3) is 0 Å². The molecule has 1 aromatic heterocycles. The van der Waals surface area contributed by atoms with Gasteiger partial charge in [-0.2, -0.15) is 0 Å². The first-order chi connectivity index (χ1) is 12.9. The first-order valence-electron chi connectivity index (χ1n) is 7.83. The molecule has 2 N–H and O–H groups in total. The number of carbonyl (C=O) groups excluding carboxylic acids is 2. The summed E-state index contributed by atoms with van der Waals surface area (Å²) in [5.41, 5.74) is 2.23. The van der Waals surface area contributed by atoms with E-state index < -0.39 is 17.6 Å². The Morgan fingerprint density at radius 1 is 1.22 bits per heavy atom. The van der Waals surface area contributed by atoms with Crippen LogP contribution < -0.4 is 5.32 Å². The molecule has 0 aliphatic heterocycles. The van der Waals surface area contributed by atoms with Crippen LogP contribution in [0.25, 0.3) is 11.0 Å². The molecule has 0 bridgehead atoms. The molecule has 140 valence electrons. The number of anilines is 1. The number of benzene rings is 2. The maximum absolute atomic E-state index is 13.2. The molecule has 0 atom stereocenters. The predicted octanol–water partition coefficient (Wildman–Crippen LogP) is 3.67. The van der Waals surface area contributed by atoms with E-state index in [9.17, 15) is 18.4 Å². The number of carbonyl (C=O) groups is 2. The number of H-pyrrole nitrogens is 1. The second-order valence-electron chi connectivity index (χ2n) is 5.68. The molecule has 3 aromatic rings. The van der Waals surface area contributed by atoms with Gasteiger partial charge in [0.2, 0.25) is 5.91 Å². The van der Waals surface area contributed by atoms with Crippen molar-refractivity contribution in [3.63, 3.8) is 0 Å². The summed E-state index contributed by atoms with van der Waals surface area (Å²) in [6, 6.07) is 6.86. The van der Waals surface area contributed by atoms with Crippen LogP contribution in [0.4, 0.5) is 14.5 Å². The van der Waals surface area contributed by atoms with Gasteiger partial charge >= 0.3 is 5.97 Å². The van der Waals surface area contributed by atoms with Gasteiger partial charge in [0.15, 0.2) is 16.8 Å². The summed E-state index contributed by atoms with van der Waals surface area (Å²) in [6.45, 7) is 1.80. The van der Waals surface area contributed by atoms with Crippen molar-refractivity contribution in [1.29, 1.82) is 0 Å². The van der Waals surface area contributed by atoms with Gasteiger partial charge in [-0.3, -0.25) is 4.79 Å². The molecule has 1 heterocycles. The summed E-state index contributed by atoms with van der Waals surface area (Å²) in [5, 5.41) is 3.09. The van der Waals surface area contributed by atoms with E-state index in [1.165, 1.54) is 13.2 Å². The standard InChI is InChI=1S/C18H15F2N3O3S/c1-9-3-4-10(17(25)26-2)5-13(9)21-16(24)8-27-18-22-14-6-11(19)12(20)7-15(14)23-18/h3-7H,8H2,1-2H3,(H,21,24)(H,22,23). The van der Waals surface area contributed by atoms with E-state index >= 15 is 0 Å². The average Bonchev–Trinajstić information content (AvgIpc) is 3.03. The van der Waals surface area contributed by atoms with Gasteiger partial charge in [-0.1, -0.05) is 17.8 Å². The van der Waals surface area contributed by atoms with Gasteiger partial charge in [-0.05, 0) is 24.6 Å². The van der Waals surface area contributed by atoms with Crippen molar-refractivity contribution in [3.05, 3.63) is 53.1 Å². The summed E-state index contributed by atoms with van der Waals surface area (Å²) in [6.07, 6.45) is 0. The lowest BCUT2D eigenvalue weighted by Crippen LogP contribution is -2.15. The van der Waals surface area contributed by atoms with Crippen LogP contribution in [0.5, 0.6) is 0 Å². The van der Waals surface area contributed by atoms with E-state index in [2.05, 4.69) is 20.0 Å². The molecular weight excluding hydrogens is 376 g/mol. The molecule has 0 spiro atoms. The lowest BCUT2D eigenvalue weighted by molar-refractivity contribution is -0.113. The van der Waals surface area contributed by atoms with Crippen molar-refractivity contribution in [2.45, 2.75) is 12.1 Å². The van der Waals surface area contributed by atoms with Crippen molar-refractivity contribution in [2.24, 2.45) is 0 Å². The lowest BCUT2D eigenvalue weighted by atomic mass is 10.1. The second-order valence-corrected chi connectivity index (χ2v) is 6.65. The van der Waals surface area contributed by atoms with Crippen LogP contribution in [0.2, 0.25) is 0 Å². The molecule has 0 aliphatic rings. The smallest absolute Gasteiger partial charge is 0.337 e. The molecular formula is C18H15F2N3O3S. The number of aromatic amines is 1. The van der Waals surface area contributed by atoms with Gasteiger partial charge < -0.3 is 15.0 Å². The normalized spacial score (nSPS) is 10.8. The number of esters is 1. The Hall–Kier alpha value is -2.94. The molecule has 3 rings (SSSR count). The number of methoxy groups -OCH3 is 1. The SMILES string of the molecule is COC(=O)c1ccc(C)c(NC(=O)CSc2nc3cc(F)c(F)cc3[nH]2)c1. The molecule has 9 heteroatoms. The summed E-state index contributed by atoms with van der Waals surface area (Å²) in [7, 11) is 1.28. The monoisotopic (exact) mass is 391 g/mol. The number of imidazole rings is 1. The third-order valence-electron chi connectivity index (χ3n) is 3.77. The number of hydrogen-bond donors (Lipinski definition) is 2. The highest BCUT2D eigenvalue weighted by Crippen LogP contribution is 2.23. The highest BCUT2D eigenvalue weighted by molar-refractivity contribution is 7.99. The van der Waals surface area contributed by atoms with Crippen molar-refractivity contribution in [3.8, 4) is 0 Å². The number of nitrogens with one attached hydrogen (secondary N) is 2. The minimum absolute atomic E-state index is 0.0205. The zero-order chi connectivity index (χ0) is 19.6. The number of rotatable bonds is 5. The summed E-state index contributed by atoms with van der Waals surface area (Å²) in [4.78, 5) is 30.8. The minimum atomic E-state index is -0.982. The number of halogens is 2. The summed E-state index contributed by atoms with van der Waals surface area (Å²) in [5.74, 6) is -2.75. The van der Waals surface area contributed by atoms with E-state index in [4.69, 9.17) is 0 Å². The topological polar surface area (TPSA) is 84.1 Å². The molecule has 2 aromatic carbocycles. The fraction of sp³-hybridized carbons (Fsp3) is 0.167. The van der Waals surface area contributed by atoms with Crippen molar-refractivity contribution in [2.75, 3.05) is 18.2 Å². The van der Waals surface area contributed by atoms with Crippen molar-refractivity contribution in [1.82, 2.24) is 9.97 Å². The Labute approximate surface area is 157 Å². The number of hydrogen-bond acceptors (Lipinski definition) is 5. The van der Waals surface area contributed by atoms with Crippen LogP contribution in [0.15, 0.2) is 35.5 Å². The maximum Gasteiger partial charge on any atom is 0.337 e. The molecule has 0 radical (unpaired) electrons. The predicted molar refractivity (Wildman–Crippen MR) is 97.9 cm³/mol. The largest absolute Gasteiger partial charge is 0.465 e. The molecule has 27 heavy (non-hydrogen) atoms. The van der Waals surface area contributed by atoms with Gasteiger partial charge in [0.05, 0.1) is 29.5 Å². The van der Waals surface area contributed by atoms with E-state index in [1.54, 1.807) is 19.1 Å². The molecule has 0 aliphatic carbocycles. The Morgan fingerprint density at radius 2 is 1.96 bits per heavy atom. The summed E-state index contributed by atoms with van der Waals surface area (Å²) < 4.78 is 31.1. The quantitative estimate of drug-likeness (QED) is 0.512. The number of amides is 1. The molecule has 0 saturated heterocycles. The van der Waals surface area contributed by atoms with Crippen molar-refractivity contribution >= 4 is 40.4 Å². The number of aryl methyl sites for hydroxylation is 1. The first-order valence-corrected chi connectivity index (χ1v) is 8.82. The van der Waals surface area contributed by atoms with Gasteiger partial charge in [-0.15, -0.1) is 0 Å². The fourth-order valence-corrected chi connectivity index (χ4v) is 3.06. The molecule has 0 fully saturated rings. The highest BCUT2D eigenvalue weighted by atomic mass is 32.2. The van der Waals surface area contributed by atoms with E-state index in [0.717, 1.165) is 29.5 Å². The zero-order valence-electron chi connectivity index (χ0n) is 14.4. The van der Waals surface area contributed by atoms with E-state index in [1.807, 2.05) is 0 Å². The molecule has 1 amide bonds. The van der Waals surface area contributed by atoms with Crippen LogP contribution in [0.1, 0.15) is 15.9 Å². The van der Waals surface area contributed by atoms with Crippen molar-refractivity contribution < 1.29 is 23.1 Å². The molecule has 6 nitrogen and oxygen atoms in total. The van der Waals surface area contributed by atoms with E-state index in [0.29, 0.717) is 21.9 Å². The fourth-order valence-electron chi connectivity index (χ4n) is 2.37. The van der Waals surface area contributed by atoms with Gasteiger partial charge in [-0.25, -0.2) is 18.6 Å². The average molecular weight is 391 g/mol. The third kappa shape index (κ3) is 4.25. The number of nitrogens with zero attached hydrogens (tertiary/aromatic N) is 1. The van der Waals surface area contributed by atoms with Crippen LogP contribution in [0.3, 0.4) is 0 Å². The number of ether oxygens (including phenoxy) is 1. The zero-order valence-corrected chi connectivity index (χ0v) is 15.2. The van der Waals surface area contributed by atoms with E-state index in [-0.39, 0.29) is 17.2 Å². The third-order valence-corrected chi connectivity index (χ3v) is 4.65. The Balaban J connectivity index is 1.67. The second kappa shape index (κ2) is 7.75. The molecule has 0 unspecified atom stereocenters. The van der Waals surface area contributed by atoms with Gasteiger partial charge in [0, 0.05) is 17.8 Å². The number of thioether (sulfide) groups is 1. The first kappa shape index (κ1) is 18.8. The Morgan fingerprint density at radius 3 is 2.70 bits per heavy atom. The number of fused-ring (bicyclic) bond motifs is 1. The molecule has 0 saturated carbocycles. The van der Waals surface area contributed by atoms with Crippen LogP contribution in [0, 0.1) is 18.6 Å². The van der Waals surface area contributed by atoms with Crippen LogP contribution >= 0.6 is 11.8 Å².